The number of piperidine rings is 1. The Labute approximate surface area is 201 Å². The smallest absolute Gasteiger partial charge is 0.280 e. The molecule has 0 radical (unpaired) electrons. The summed E-state index contributed by atoms with van der Waals surface area (Å²) >= 11 is 0. The van der Waals surface area contributed by atoms with Crippen LogP contribution in [0.15, 0.2) is 53.3 Å². The van der Waals surface area contributed by atoms with Crippen LogP contribution in [0, 0.1) is 17.7 Å². The molecule has 2 heterocycles. The second-order valence-electron chi connectivity index (χ2n) is 9.10. The Balaban J connectivity index is 1.42. The first-order valence-corrected chi connectivity index (χ1v) is 11.6. The molecule has 8 nitrogen and oxygen atoms in total. The largest absolute Gasteiger partial charge is 0.341 e. The molecule has 0 spiro atoms. The molecule has 1 saturated heterocycles. The first-order chi connectivity index (χ1) is 16.7. The zero-order valence-electron chi connectivity index (χ0n) is 19.6. The number of likely N-dealkylation sites (tertiary alicyclic amines) is 1. The molecular weight excluding hydrogens is 451 g/mol. The fraction of sp³-hybridized carbons (Fsp3) is 0.346. The number of rotatable bonds is 6. The number of para-hydroxylation sites is 2. The minimum Gasteiger partial charge on any atom is -0.341 e. The van der Waals surface area contributed by atoms with Gasteiger partial charge in [-0.25, -0.2) is 9.37 Å². The number of carbonyl (C=O) groups excluding carboxylic acids is 3. The summed E-state index contributed by atoms with van der Waals surface area (Å²) in [6, 6.07) is 11.5. The number of aromatic nitrogens is 2. The SMILES string of the molecule is CC(C)[C@H](NC(=O)c1nc2ccccc2[nH]c1=O)C(=O)N1CCC(C(=O)c2ccc(F)cc2)CC1. The van der Waals surface area contributed by atoms with Crippen LogP contribution in [0.3, 0.4) is 0 Å². The number of nitrogens with zero attached hydrogens (tertiary/aromatic N) is 2. The van der Waals surface area contributed by atoms with E-state index in [4.69, 9.17) is 0 Å². The second kappa shape index (κ2) is 10.2. The van der Waals surface area contributed by atoms with Gasteiger partial charge in [-0.15, -0.1) is 0 Å². The van der Waals surface area contributed by atoms with Gasteiger partial charge in [-0.3, -0.25) is 19.2 Å². The molecule has 1 aliphatic heterocycles. The van der Waals surface area contributed by atoms with E-state index in [1.165, 1.54) is 24.3 Å². The Morgan fingerprint density at radius 2 is 1.71 bits per heavy atom. The molecule has 1 fully saturated rings. The van der Waals surface area contributed by atoms with Crippen LogP contribution < -0.4 is 10.9 Å². The quantitative estimate of drug-likeness (QED) is 0.529. The molecule has 0 aliphatic carbocycles. The van der Waals surface area contributed by atoms with Crippen LogP contribution in [0.4, 0.5) is 4.39 Å². The summed E-state index contributed by atoms with van der Waals surface area (Å²) < 4.78 is 13.2. The normalized spacial score (nSPS) is 15.3. The minimum atomic E-state index is -0.848. The minimum absolute atomic E-state index is 0.0626. The number of nitrogens with one attached hydrogen (secondary N) is 2. The fourth-order valence-corrected chi connectivity index (χ4v) is 4.32. The summed E-state index contributed by atoms with van der Waals surface area (Å²) in [4.78, 5) is 59.8. The van der Waals surface area contributed by atoms with E-state index in [1.54, 1.807) is 29.2 Å². The van der Waals surface area contributed by atoms with Gasteiger partial charge < -0.3 is 15.2 Å². The molecule has 35 heavy (non-hydrogen) atoms. The maximum absolute atomic E-state index is 13.3. The summed E-state index contributed by atoms with van der Waals surface area (Å²) in [5.41, 5.74) is 0.514. The predicted molar refractivity (Wildman–Crippen MR) is 128 cm³/mol. The molecule has 9 heteroatoms. The van der Waals surface area contributed by atoms with E-state index in [1.807, 2.05) is 13.8 Å². The van der Waals surface area contributed by atoms with Gasteiger partial charge in [0.2, 0.25) is 5.91 Å². The van der Waals surface area contributed by atoms with Crippen LogP contribution in [0.2, 0.25) is 0 Å². The Hall–Kier alpha value is -3.88. The van der Waals surface area contributed by atoms with Gasteiger partial charge in [-0.05, 0) is 55.2 Å². The fourth-order valence-electron chi connectivity index (χ4n) is 4.32. The summed E-state index contributed by atoms with van der Waals surface area (Å²) in [6.45, 7) is 4.35. The summed E-state index contributed by atoms with van der Waals surface area (Å²) in [7, 11) is 0. The monoisotopic (exact) mass is 478 g/mol. The molecule has 0 bridgehead atoms. The molecule has 182 valence electrons. The predicted octanol–water partition coefficient (Wildman–Crippen LogP) is 2.94. The van der Waals surface area contributed by atoms with Gasteiger partial charge >= 0.3 is 0 Å². The lowest BCUT2D eigenvalue weighted by atomic mass is 9.88. The van der Waals surface area contributed by atoms with Crippen LogP contribution in [0.5, 0.6) is 0 Å². The van der Waals surface area contributed by atoms with E-state index in [-0.39, 0.29) is 29.2 Å². The Kier molecular flexibility index (Phi) is 7.04. The molecule has 4 rings (SSSR count). The zero-order chi connectivity index (χ0) is 25.1. The maximum atomic E-state index is 13.3. The van der Waals surface area contributed by atoms with Gasteiger partial charge in [-0.2, -0.15) is 0 Å². The van der Waals surface area contributed by atoms with Gasteiger partial charge in [0.1, 0.15) is 11.9 Å². The van der Waals surface area contributed by atoms with E-state index in [0.717, 1.165) is 0 Å². The number of carbonyl (C=O) groups is 3. The number of hydrogen-bond acceptors (Lipinski definition) is 5. The van der Waals surface area contributed by atoms with Crippen molar-refractivity contribution in [1.29, 1.82) is 0 Å². The topological polar surface area (TPSA) is 112 Å². The number of H-pyrrole nitrogens is 1. The molecule has 2 aromatic carbocycles. The van der Waals surface area contributed by atoms with E-state index in [9.17, 15) is 23.6 Å². The van der Waals surface area contributed by atoms with Crippen molar-refractivity contribution in [3.8, 4) is 0 Å². The van der Waals surface area contributed by atoms with E-state index < -0.39 is 23.3 Å². The first kappa shape index (κ1) is 24.3. The zero-order valence-corrected chi connectivity index (χ0v) is 19.6. The van der Waals surface area contributed by atoms with E-state index >= 15 is 0 Å². The third-order valence-electron chi connectivity index (χ3n) is 6.34. The lowest BCUT2D eigenvalue weighted by Crippen LogP contribution is -2.54. The van der Waals surface area contributed by atoms with E-state index in [2.05, 4.69) is 15.3 Å². The van der Waals surface area contributed by atoms with Gasteiger partial charge in [0, 0.05) is 24.6 Å². The Bertz CT molecular complexity index is 1310. The number of fused-ring (bicyclic) bond motifs is 1. The van der Waals surface area contributed by atoms with Crippen molar-refractivity contribution >= 4 is 28.6 Å². The number of ketones is 1. The lowest BCUT2D eigenvalue weighted by molar-refractivity contribution is -0.135. The number of hydrogen-bond donors (Lipinski definition) is 2. The van der Waals surface area contributed by atoms with Crippen LogP contribution in [-0.4, -0.2) is 51.6 Å². The van der Waals surface area contributed by atoms with Crippen LogP contribution in [-0.2, 0) is 4.79 Å². The van der Waals surface area contributed by atoms with Crippen molar-refractivity contribution < 1.29 is 18.8 Å². The molecule has 2 amide bonds. The van der Waals surface area contributed by atoms with Crippen molar-refractivity contribution in [2.24, 2.45) is 11.8 Å². The van der Waals surface area contributed by atoms with Gasteiger partial charge in [-0.1, -0.05) is 26.0 Å². The summed E-state index contributed by atoms with van der Waals surface area (Å²) in [5.74, 6) is -1.93. The number of amides is 2. The Morgan fingerprint density at radius 3 is 2.37 bits per heavy atom. The van der Waals surface area contributed by atoms with Crippen molar-refractivity contribution in [1.82, 2.24) is 20.2 Å². The Morgan fingerprint density at radius 1 is 1.06 bits per heavy atom. The van der Waals surface area contributed by atoms with Crippen molar-refractivity contribution in [2.75, 3.05) is 13.1 Å². The third kappa shape index (κ3) is 5.29. The molecule has 1 atom stereocenters. The summed E-state index contributed by atoms with van der Waals surface area (Å²) in [6.07, 6.45) is 0.958. The van der Waals surface area contributed by atoms with Gasteiger partial charge in [0.25, 0.3) is 11.5 Å². The standard InChI is InChI=1S/C26H27FN4O4/c1-15(2)21(30-25(34)22-24(33)29-20-6-4-3-5-19(20)28-22)26(35)31-13-11-17(12-14-31)23(32)16-7-9-18(27)10-8-16/h3-10,15,17,21H,11-14H2,1-2H3,(H,29,33)(H,30,34)/t21-/m0/s1. The average molecular weight is 479 g/mol. The third-order valence-corrected chi connectivity index (χ3v) is 6.34. The highest BCUT2D eigenvalue weighted by molar-refractivity contribution is 5.98. The van der Waals surface area contributed by atoms with E-state index in [0.29, 0.717) is 42.5 Å². The highest BCUT2D eigenvalue weighted by Gasteiger charge is 2.34. The van der Waals surface area contributed by atoms with Crippen molar-refractivity contribution in [3.05, 3.63) is 76.0 Å². The average Bonchev–Trinajstić information content (AvgIpc) is 2.86. The van der Waals surface area contributed by atoms with Crippen molar-refractivity contribution in [3.63, 3.8) is 0 Å². The molecular formula is C26H27FN4O4. The molecule has 3 aromatic rings. The molecule has 0 saturated carbocycles. The van der Waals surface area contributed by atoms with Gasteiger partial charge in [0.15, 0.2) is 11.5 Å². The molecule has 2 N–H and O–H groups in total. The number of Topliss-reactive ketones (excluding diaryl/α,β-unsaturated/α-hetero) is 1. The summed E-state index contributed by atoms with van der Waals surface area (Å²) in [5, 5.41) is 2.69. The lowest BCUT2D eigenvalue weighted by Gasteiger charge is -2.35. The number of aromatic amines is 1. The maximum Gasteiger partial charge on any atom is 0.280 e. The second-order valence-corrected chi connectivity index (χ2v) is 9.10. The van der Waals surface area contributed by atoms with Crippen molar-refractivity contribution in [2.45, 2.75) is 32.7 Å². The highest BCUT2D eigenvalue weighted by Crippen LogP contribution is 2.23. The highest BCUT2D eigenvalue weighted by atomic mass is 19.1. The van der Waals surface area contributed by atoms with Crippen LogP contribution >= 0.6 is 0 Å². The van der Waals surface area contributed by atoms with Gasteiger partial charge in [0.05, 0.1) is 11.0 Å². The first-order valence-electron chi connectivity index (χ1n) is 11.6. The molecule has 0 unspecified atom stereocenters. The molecule has 1 aliphatic rings. The van der Waals surface area contributed by atoms with Crippen LogP contribution in [0.25, 0.3) is 11.0 Å². The number of halogens is 1. The number of benzene rings is 2. The molecule has 1 aromatic heterocycles. The van der Waals surface area contributed by atoms with Crippen LogP contribution in [0.1, 0.15) is 47.5 Å².